The molecule has 1 saturated heterocycles. The zero-order valence-electron chi connectivity index (χ0n) is 7.10. The molecule has 0 aliphatic carbocycles. The summed E-state index contributed by atoms with van der Waals surface area (Å²) in [7, 11) is 1.79. The highest BCUT2D eigenvalue weighted by Crippen LogP contribution is 2.17. The summed E-state index contributed by atoms with van der Waals surface area (Å²) >= 11 is 1.55. The van der Waals surface area contributed by atoms with Crippen LogP contribution >= 0.6 is 11.8 Å². The minimum atomic E-state index is 0.127. The average Bonchev–Trinajstić information content (AvgIpc) is 2.43. The van der Waals surface area contributed by atoms with E-state index in [2.05, 4.69) is 20.8 Å². The molecule has 0 spiro atoms. The van der Waals surface area contributed by atoms with E-state index in [1.54, 1.807) is 23.5 Å². The molecule has 0 saturated carbocycles. The summed E-state index contributed by atoms with van der Waals surface area (Å²) in [6, 6.07) is 0.286. The van der Waals surface area contributed by atoms with Crippen LogP contribution in [0.2, 0.25) is 0 Å². The van der Waals surface area contributed by atoms with Crippen molar-refractivity contribution in [1.29, 1.82) is 0 Å². The average molecular weight is 199 g/mol. The van der Waals surface area contributed by atoms with Gasteiger partial charge >= 0.3 is 0 Å². The van der Waals surface area contributed by atoms with E-state index in [9.17, 15) is 4.79 Å². The number of amides is 1. The first-order valence-electron chi connectivity index (χ1n) is 3.90. The van der Waals surface area contributed by atoms with Crippen molar-refractivity contribution in [3.8, 4) is 0 Å². The Balaban J connectivity index is 1.80. The number of nitrogens with one attached hydrogen (secondary N) is 1. The molecule has 0 radical (unpaired) electrons. The number of thioether (sulfide) groups is 1. The fourth-order valence-electron chi connectivity index (χ4n) is 1.05. The van der Waals surface area contributed by atoms with Crippen LogP contribution in [-0.4, -0.2) is 37.9 Å². The van der Waals surface area contributed by atoms with Crippen LogP contribution < -0.4 is 5.32 Å². The number of nitrogens with zero attached hydrogens (tertiary/aromatic N) is 4. The Bertz CT molecular complexity index is 317. The van der Waals surface area contributed by atoms with E-state index in [0.29, 0.717) is 6.42 Å². The van der Waals surface area contributed by atoms with Gasteiger partial charge in [0.2, 0.25) is 11.1 Å². The number of β-lactam (4-membered cyclic amide) rings is 1. The zero-order valence-corrected chi connectivity index (χ0v) is 7.91. The van der Waals surface area contributed by atoms with E-state index in [-0.39, 0.29) is 11.9 Å². The lowest BCUT2D eigenvalue weighted by Gasteiger charge is -2.25. The van der Waals surface area contributed by atoms with Gasteiger partial charge in [-0.25, -0.2) is 4.68 Å². The molecular formula is C6H9N5OS. The van der Waals surface area contributed by atoms with E-state index >= 15 is 0 Å². The van der Waals surface area contributed by atoms with Gasteiger partial charge in [-0.2, -0.15) is 0 Å². The predicted octanol–water partition coefficient (Wildman–Crippen LogP) is -0.809. The molecule has 2 rings (SSSR count). The second-order valence-corrected chi connectivity index (χ2v) is 3.85. The van der Waals surface area contributed by atoms with Gasteiger partial charge in [-0.05, 0) is 10.4 Å². The van der Waals surface area contributed by atoms with Crippen molar-refractivity contribution in [1.82, 2.24) is 25.5 Å². The van der Waals surface area contributed by atoms with Gasteiger partial charge in [0.05, 0.1) is 0 Å². The third-order valence-electron chi connectivity index (χ3n) is 1.79. The number of hydrogen-bond acceptors (Lipinski definition) is 5. The standard InChI is InChI=1S/C6H9N5OS/c1-11-6(8-9-10-11)13-3-4-2-5(12)7-4/h4H,2-3H2,1H3,(H,7,12). The lowest BCUT2D eigenvalue weighted by atomic mass is 10.1. The summed E-state index contributed by atoms with van der Waals surface area (Å²) in [5, 5.41) is 14.6. The summed E-state index contributed by atoms with van der Waals surface area (Å²) in [5.74, 6) is 0.960. The lowest BCUT2D eigenvalue weighted by molar-refractivity contribution is -0.127. The van der Waals surface area contributed by atoms with Crippen molar-refractivity contribution in [2.45, 2.75) is 17.6 Å². The highest BCUT2D eigenvalue weighted by molar-refractivity contribution is 7.99. The summed E-state index contributed by atoms with van der Waals surface area (Å²) in [5.41, 5.74) is 0. The lowest BCUT2D eigenvalue weighted by Crippen LogP contribution is -2.49. The van der Waals surface area contributed by atoms with E-state index in [1.165, 1.54) is 0 Å². The maximum absolute atomic E-state index is 10.6. The molecule has 2 heterocycles. The molecule has 1 aliphatic rings. The van der Waals surface area contributed by atoms with E-state index in [0.717, 1.165) is 10.9 Å². The van der Waals surface area contributed by atoms with Crippen LogP contribution in [0.5, 0.6) is 0 Å². The summed E-state index contributed by atoms with van der Waals surface area (Å²) in [6.07, 6.45) is 0.623. The molecule has 1 aromatic heterocycles. The molecule has 7 heteroatoms. The molecule has 70 valence electrons. The molecule has 13 heavy (non-hydrogen) atoms. The van der Waals surface area contributed by atoms with Gasteiger partial charge in [-0.1, -0.05) is 11.8 Å². The molecule has 6 nitrogen and oxygen atoms in total. The van der Waals surface area contributed by atoms with E-state index in [4.69, 9.17) is 0 Å². The molecule has 1 fully saturated rings. The molecule has 0 aromatic carbocycles. The predicted molar refractivity (Wildman–Crippen MR) is 46.1 cm³/mol. The van der Waals surface area contributed by atoms with Crippen molar-refractivity contribution >= 4 is 17.7 Å². The Morgan fingerprint density at radius 1 is 1.77 bits per heavy atom. The molecule has 1 N–H and O–H groups in total. The Labute approximate surface area is 79.1 Å². The number of carbonyl (C=O) groups excluding carboxylic acids is 1. The first kappa shape index (κ1) is 8.49. The smallest absolute Gasteiger partial charge is 0.222 e. The van der Waals surface area contributed by atoms with Crippen LogP contribution in [0.3, 0.4) is 0 Å². The Morgan fingerprint density at radius 3 is 3.08 bits per heavy atom. The third kappa shape index (κ3) is 1.80. The number of carbonyl (C=O) groups is 1. The Hall–Kier alpha value is -1.11. The number of aryl methyl sites for hydroxylation is 1. The fourth-order valence-corrected chi connectivity index (χ4v) is 1.92. The SMILES string of the molecule is Cn1nnnc1SCC1CC(=O)N1. The van der Waals surface area contributed by atoms with Gasteiger partial charge < -0.3 is 5.32 Å². The van der Waals surface area contributed by atoms with Crippen LogP contribution in [0.4, 0.5) is 0 Å². The topological polar surface area (TPSA) is 72.7 Å². The molecule has 1 aromatic rings. The van der Waals surface area contributed by atoms with Crippen LogP contribution in [0.15, 0.2) is 5.16 Å². The summed E-state index contributed by atoms with van der Waals surface area (Å²) in [4.78, 5) is 10.6. The number of tetrazole rings is 1. The highest BCUT2D eigenvalue weighted by atomic mass is 32.2. The van der Waals surface area contributed by atoms with Gasteiger partial charge in [0.1, 0.15) is 0 Å². The molecule has 1 amide bonds. The van der Waals surface area contributed by atoms with E-state index in [1.807, 2.05) is 0 Å². The normalized spacial score (nSPS) is 21.0. The van der Waals surface area contributed by atoms with Crippen molar-refractivity contribution in [3.05, 3.63) is 0 Å². The van der Waals surface area contributed by atoms with Crippen molar-refractivity contribution in [2.75, 3.05) is 5.75 Å². The molecule has 0 bridgehead atoms. The fraction of sp³-hybridized carbons (Fsp3) is 0.667. The molecular weight excluding hydrogens is 190 g/mol. The molecule has 1 aliphatic heterocycles. The van der Waals surface area contributed by atoms with Crippen molar-refractivity contribution < 1.29 is 4.79 Å². The maximum Gasteiger partial charge on any atom is 0.222 e. The number of aromatic nitrogens is 4. The molecule has 1 unspecified atom stereocenters. The van der Waals surface area contributed by atoms with Crippen molar-refractivity contribution in [3.63, 3.8) is 0 Å². The van der Waals surface area contributed by atoms with Gasteiger partial charge in [-0.15, -0.1) is 5.10 Å². The largest absolute Gasteiger partial charge is 0.352 e. The quantitative estimate of drug-likeness (QED) is 0.509. The van der Waals surface area contributed by atoms with Gasteiger partial charge in [0.25, 0.3) is 0 Å². The minimum Gasteiger partial charge on any atom is -0.352 e. The van der Waals surface area contributed by atoms with Crippen LogP contribution in [-0.2, 0) is 11.8 Å². The minimum absolute atomic E-state index is 0.127. The summed E-state index contributed by atoms with van der Waals surface area (Å²) in [6.45, 7) is 0. The Kier molecular flexibility index (Phi) is 2.17. The van der Waals surface area contributed by atoms with Crippen molar-refractivity contribution in [2.24, 2.45) is 7.05 Å². The second kappa shape index (κ2) is 3.33. The molecule has 1 atom stereocenters. The van der Waals surface area contributed by atoms with Gasteiger partial charge in [-0.3, -0.25) is 4.79 Å². The first-order valence-corrected chi connectivity index (χ1v) is 4.89. The second-order valence-electron chi connectivity index (χ2n) is 2.86. The maximum atomic E-state index is 10.6. The monoisotopic (exact) mass is 199 g/mol. The number of hydrogen-bond donors (Lipinski definition) is 1. The van der Waals surface area contributed by atoms with Crippen LogP contribution in [0.1, 0.15) is 6.42 Å². The van der Waals surface area contributed by atoms with E-state index < -0.39 is 0 Å². The number of rotatable bonds is 3. The first-order chi connectivity index (χ1) is 6.25. The zero-order chi connectivity index (χ0) is 9.26. The highest BCUT2D eigenvalue weighted by Gasteiger charge is 2.25. The van der Waals surface area contributed by atoms with Gasteiger partial charge in [0.15, 0.2) is 0 Å². The Morgan fingerprint density at radius 2 is 2.54 bits per heavy atom. The third-order valence-corrected chi connectivity index (χ3v) is 2.96. The van der Waals surface area contributed by atoms with Crippen LogP contribution in [0.25, 0.3) is 0 Å². The summed E-state index contributed by atoms with van der Waals surface area (Å²) < 4.78 is 1.62. The van der Waals surface area contributed by atoms with Crippen LogP contribution in [0, 0.1) is 0 Å². The van der Waals surface area contributed by atoms with Gasteiger partial charge in [0, 0.05) is 25.3 Å².